The molecular weight excluding hydrogens is 580 g/mol. The van der Waals surface area contributed by atoms with Crippen molar-refractivity contribution in [2.45, 2.75) is 35.4 Å². The van der Waals surface area contributed by atoms with Crippen molar-refractivity contribution in [1.82, 2.24) is 19.7 Å². The third-order valence-corrected chi connectivity index (χ3v) is 10.1. The van der Waals surface area contributed by atoms with Crippen molar-refractivity contribution in [2.75, 3.05) is 35.3 Å². The lowest BCUT2D eigenvalue weighted by Crippen LogP contribution is -2.44. The Kier molecular flexibility index (Phi) is 7.34. The number of hydrogen-bond acceptors (Lipinski definition) is 8. The molecule has 43 heavy (non-hydrogen) atoms. The molecule has 224 valence electrons. The van der Waals surface area contributed by atoms with Gasteiger partial charge in [-0.3, -0.25) is 4.68 Å². The van der Waals surface area contributed by atoms with Crippen molar-refractivity contribution in [2.24, 2.45) is 7.05 Å². The minimum atomic E-state index is -4.12. The van der Waals surface area contributed by atoms with Crippen LogP contribution in [0.5, 0.6) is 0 Å². The summed E-state index contributed by atoms with van der Waals surface area (Å²) in [7, 11) is -2.38. The van der Waals surface area contributed by atoms with Gasteiger partial charge in [0.2, 0.25) is 0 Å². The van der Waals surface area contributed by atoms with E-state index in [1.54, 1.807) is 48.3 Å². The number of nitrogens with zero attached hydrogens (tertiary/aromatic N) is 5. The summed E-state index contributed by atoms with van der Waals surface area (Å²) >= 11 is 0. The van der Waals surface area contributed by atoms with Crippen LogP contribution in [0.3, 0.4) is 0 Å². The Morgan fingerprint density at radius 2 is 1.77 bits per heavy atom. The summed E-state index contributed by atoms with van der Waals surface area (Å²) in [4.78, 5) is 23.7. The van der Waals surface area contributed by atoms with Crippen LogP contribution in [0.1, 0.15) is 25.5 Å². The van der Waals surface area contributed by atoms with Crippen LogP contribution in [0, 0.1) is 11.6 Å². The normalized spacial score (nSPS) is 17.9. The molecule has 2 amide bonds. The number of carbonyl (C=O) groups excluding carboxylic acids is 1. The van der Waals surface area contributed by atoms with Gasteiger partial charge in [-0.05, 0) is 62.2 Å². The number of anilines is 3. The summed E-state index contributed by atoms with van der Waals surface area (Å²) in [6, 6.07) is 10.7. The zero-order valence-corrected chi connectivity index (χ0v) is 24.2. The third kappa shape index (κ3) is 5.55. The summed E-state index contributed by atoms with van der Waals surface area (Å²) in [6.07, 6.45) is 3.74. The van der Waals surface area contributed by atoms with Crippen LogP contribution in [0.4, 0.5) is 30.8 Å². The Morgan fingerprint density at radius 3 is 2.42 bits per heavy atom. The highest BCUT2D eigenvalue weighted by molar-refractivity contribution is 7.92. The number of amides is 2. The molecule has 1 atom stereocenters. The molecule has 14 heteroatoms. The maximum Gasteiger partial charge on any atom is 0.323 e. The van der Waals surface area contributed by atoms with Crippen LogP contribution in [-0.4, -0.2) is 60.0 Å². The van der Waals surface area contributed by atoms with E-state index in [1.807, 2.05) is 11.8 Å². The van der Waals surface area contributed by atoms with Crippen LogP contribution in [-0.2, 0) is 26.4 Å². The van der Waals surface area contributed by atoms with Crippen molar-refractivity contribution in [3.05, 3.63) is 78.3 Å². The maximum atomic E-state index is 14.1. The lowest BCUT2D eigenvalue weighted by Gasteiger charge is -2.34. The second kappa shape index (κ2) is 11.0. The number of ether oxygens (including phenoxy) is 1. The van der Waals surface area contributed by atoms with Crippen molar-refractivity contribution in [3.63, 3.8) is 0 Å². The third-order valence-electron chi connectivity index (χ3n) is 7.62. The van der Waals surface area contributed by atoms with Gasteiger partial charge in [-0.2, -0.15) is 5.10 Å². The molecule has 2 aliphatic rings. The fraction of sp³-hybridized carbons (Fsp3) is 0.310. The van der Waals surface area contributed by atoms with Crippen LogP contribution in [0.25, 0.3) is 11.4 Å². The molecule has 1 saturated carbocycles. The minimum Gasteiger partial charge on any atom is -0.377 e. The first kappa shape index (κ1) is 28.7. The molecule has 3 heterocycles. The molecule has 0 unspecified atom stereocenters. The van der Waals surface area contributed by atoms with E-state index in [4.69, 9.17) is 14.7 Å². The van der Waals surface area contributed by atoms with Crippen LogP contribution in [0.2, 0.25) is 0 Å². The molecule has 1 saturated heterocycles. The minimum absolute atomic E-state index is 0.0211. The second-order valence-corrected chi connectivity index (χ2v) is 12.9. The SMILES string of the molecule is C[C@H]1COCCN1c1cc(C2(S(=O)(=O)c3ccc(F)c(F)c3)CC2)nc(-c2ccc(NC(=O)Nc3cnn(C)c3)cc2)n1. The Hall–Kier alpha value is -4.43. The van der Waals surface area contributed by atoms with E-state index in [0.29, 0.717) is 54.4 Å². The van der Waals surface area contributed by atoms with E-state index >= 15 is 0 Å². The Bertz CT molecular complexity index is 1790. The number of halogens is 2. The molecular formula is C29H29F2N7O4S. The quantitative estimate of drug-likeness (QED) is 0.293. The standard InChI is InChI=1S/C29H29F2N7O4S/c1-18-17-42-12-11-38(18)26-14-25(29(9-10-29)43(40,41)22-7-8-23(30)24(31)13-22)35-27(36-26)19-3-5-20(6-4-19)33-28(39)34-21-15-32-37(2)16-21/h3-8,13-16,18H,9-12,17H2,1-2H3,(H2,33,34,39)/t18-/m0/s1. The number of benzene rings is 2. The molecule has 0 radical (unpaired) electrons. The van der Waals surface area contributed by atoms with Gasteiger partial charge < -0.3 is 20.3 Å². The van der Waals surface area contributed by atoms with Gasteiger partial charge in [-0.15, -0.1) is 0 Å². The van der Waals surface area contributed by atoms with Crippen molar-refractivity contribution in [3.8, 4) is 11.4 Å². The molecule has 2 N–H and O–H groups in total. The van der Waals surface area contributed by atoms with Crippen molar-refractivity contribution >= 4 is 33.1 Å². The highest BCUT2D eigenvalue weighted by atomic mass is 32.2. The summed E-state index contributed by atoms with van der Waals surface area (Å²) in [5.74, 6) is -1.51. The zero-order chi connectivity index (χ0) is 30.4. The Morgan fingerprint density at radius 1 is 1.02 bits per heavy atom. The topological polar surface area (TPSA) is 131 Å². The van der Waals surface area contributed by atoms with E-state index in [0.717, 1.165) is 12.1 Å². The van der Waals surface area contributed by atoms with Crippen LogP contribution >= 0.6 is 0 Å². The number of morpholine rings is 1. The van der Waals surface area contributed by atoms with E-state index in [2.05, 4.69) is 15.7 Å². The van der Waals surface area contributed by atoms with E-state index < -0.39 is 32.2 Å². The smallest absolute Gasteiger partial charge is 0.323 e. The number of sulfone groups is 1. The number of aromatic nitrogens is 4. The molecule has 1 aliphatic heterocycles. The van der Waals surface area contributed by atoms with Gasteiger partial charge in [0.25, 0.3) is 0 Å². The number of urea groups is 1. The highest BCUT2D eigenvalue weighted by Crippen LogP contribution is 2.55. The summed E-state index contributed by atoms with van der Waals surface area (Å²) in [5.41, 5.74) is 1.94. The molecule has 6 rings (SSSR count). The molecule has 0 bridgehead atoms. The number of aryl methyl sites for hydroxylation is 1. The molecule has 11 nitrogen and oxygen atoms in total. The Balaban J connectivity index is 1.34. The Labute approximate surface area is 246 Å². The average molecular weight is 610 g/mol. The van der Waals surface area contributed by atoms with E-state index in [1.165, 1.54) is 6.20 Å². The van der Waals surface area contributed by atoms with Gasteiger partial charge in [0.1, 0.15) is 10.6 Å². The molecule has 4 aromatic rings. The second-order valence-electron chi connectivity index (χ2n) is 10.7. The number of nitrogens with one attached hydrogen (secondary N) is 2. The first-order valence-corrected chi connectivity index (χ1v) is 15.1. The molecule has 0 spiro atoms. The molecule has 2 aromatic carbocycles. The van der Waals surface area contributed by atoms with E-state index in [9.17, 15) is 22.0 Å². The zero-order valence-electron chi connectivity index (χ0n) is 23.4. The predicted octanol–water partition coefficient (Wildman–Crippen LogP) is 4.49. The number of rotatable bonds is 7. The van der Waals surface area contributed by atoms with Gasteiger partial charge in [-0.1, -0.05) is 0 Å². The lowest BCUT2D eigenvalue weighted by atomic mass is 10.1. The lowest BCUT2D eigenvalue weighted by molar-refractivity contribution is 0.0985. The van der Waals surface area contributed by atoms with E-state index in [-0.39, 0.29) is 29.5 Å². The average Bonchev–Trinajstić information content (AvgIpc) is 3.72. The summed E-state index contributed by atoms with van der Waals surface area (Å²) in [5, 5.41) is 9.46. The first-order valence-electron chi connectivity index (χ1n) is 13.7. The van der Waals surface area contributed by atoms with Crippen molar-refractivity contribution in [1.29, 1.82) is 0 Å². The van der Waals surface area contributed by atoms with Gasteiger partial charge in [0.05, 0.1) is 41.7 Å². The van der Waals surface area contributed by atoms with Crippen LogP contribution in [0.15, 0.2) is 65.8 Å². The fourth-order valence-electron chi connectivity index (χ4n) is 5.14. The predicted molar refractivity (Wildman–Crippen MR) is 155 cm³/mol. The number of carbonyl (C=O) groups is 1. The first-order chi connectivity index (χ1) is 20.6. The summed E-state index contributed by atoms with van der Waals surface area (Å²) in [6.45, 7) is 3.50. The van der Waals surface area contributed by atoms with Crippen molar-refractivity contribution < 1.29 is 26.7 Å². The highest BCUT2D eigenvalue weighted by Gasteiger charge is 2.58. The molecule has 2 fully saturated rings. The summed E-state index contributed by atoms with van der Waals surface area (Å²) < 4.78 is 61.1. The monoisotopic (exact) mass is 609 g/mol. The van der Waals surface area contributed by atoms with Crippen LogP contribution < -0.4 is 15.5 Å². The molecule has 1 aliphatic carbocycles. The maximum absolute atomic E-state index is 14.1. The van der Waals surface area contributed by atoms with Gasteiger partial charge in [-0.25, -0.2) is 32.0 Å². The molecule has 2 aromatic heterocycles. The van der Waals surface area contributed by atoms with Gasteiger partial charge in [0.15, 0.2) is 27.3 Å². The van der Waals surface area contributed by atoms with Gasteiger partial charge >= 0.3 is 6.03 Å². The van der Waals surface area contributed by atoms with Gasteiger partial charge in [0, 0.05) is 37.1 Å². The largest absolute Gasteiger partial charge is 0.377 e. The number of hydrogen-bond donors (Lipinski definition) is 2. The fourth-order valence-corrected chi connectivity index (χ4v) is 7.12.